The Hall–Kier alpha value is -4.52. The average molecular weight is 683 g/mol. The molecule has 8 heteroatoms. The number of unbranched alkanes of at least 4 members (excludes halogenated alkanes) is 3. The van der Waals surface area contributed by atoms with Crippen molar-refractivity contribution in [2.45, 2.75) is 39.0 Å². The molecule has 0 atom stereocenters. The Morgan fingerprint density at radius 2 is 0.867 bits per heavy atom. The molecular formula is C37H39N7Ru. The van der Waals surface area contributed by atoms with Gasteiger partial charge >= 0.3 is 0 Å². The molecule has 0 saturated heterocycles. The summed E-state index contributed by atoms with van der Waals surface area (Å²) in [4.78, 5) is 25.6. The third-order valence-electron chi connectivity index (χ3n) is 6.61. The molecule has 6 rings (SSSR count). The van der Waals surface area contributed by atoms with Crippen molar-refractivity contribution < 1.29 is 19.5 Å². The van der Waals surface area contributed by atoms with Crippen LogP contribution in [0.15, 0.2) is 134 Å². The number of pyridine rings is 6. The maximum absolute atomic E-state index is 5.50. The second-order valence-corrected chi connectivity index (χ2v) is 10.1. The van der Waals surface area contributed by atoms with Crippen molar-refractivity contribution in [3.63, 3.8) is 0 Å². The molecule has 0 unspecified atom stereocenters. The summed E-state index contributed by atoms with van der Waals surface area (Å²) in [7, 11) is 0. The maximum Gasteiger partial charge on any atom is 0.0888 e. The number of hydrogen-bond acceptors (Lipinski definition) is 7. The molecule has 6 aromatic heterocycles. The van der Waals surface area contributed by atoms with E-state index in [0.717, 1.165) is 53.5 Å². The minimum atomic E-state index is 0. The Bertz CT molecular complexity index is 1470. The van der Waals surface area contributed by atoms with Crippen molar-refractivity contribution in [1.29, 1.82) is 0 Å². The van der Waals surface area contributed by atoms with Crippen LogP contribution in [0.2, 0.25) is 0 Å². The largest absolute Gasteiger partial charge is 0.330 e. The maximum atomic E-state index is 5.50. The van der Waals surface area contributed by atoms with Crippen molar-refractivity contribution in [2.24, 2.45) is 5.73 Å². The minimum absolute atomic E-state index is 0. The molecule has 45 heavy (non-hydrogen) atoms. The summed E-state index contributed by atoms with van der Waals surface area (Å²) in [5, 5.41) is 0. The second kappa shape index (κ2) is 20.4. The van der Waals surface area contributed by atoms with Gasteiger partial charge in [0.15, 0.2) is 0 Å². The molecule has 6 heterocycles. The third-order valence-corrected chi connectivity index (χ3v) is 6.61. The molecule has 0 aromatic carbocycles. The zero-order chi connectivity index (χ0) is 30.7. The Morgan fingerprint density at radius 3 is 1.29 bits per heavy atom. The predicted octanol–water partition coefficient (Wildman–Crippen LogP) is 7.80. The van der Waals surface area contributed by atoms with Gasteiger partial charge in [-0.15, -0.1) is 0 Å². The van der Waals surface area contributed by atoms with Gasteiger partial charge < -0.3 is 5.73 Å². The van der Waals surface area contributed by atoms with E-state index in [1.807, 2.05) is 91.3 Å². The fourth-order valence-corrected chi connectivity index (χ4v) is 4.33. The van der Waals surface area contributed by atoms with Crippen LogP contribution in [-0.2, 0) is 25.9 Å². The minimum Gasteiger partial charge on any atom is -0.330 e. The number of nitrogens with two attached hydrogens (primary N) is 1. The van der Waals surface area contributed by atoms with Crippen LogP contribution in [-0.4, -0.2) is 36.4 Å². The van der Waals surface area contributed by atoms with Gasteiger partial charge in [-0.05, 0) is 117 Å². The normalized spacial score (nSPS) is 9.91. The first-order valence-corrected chi connectivity index (χ1v) is 15.0. The van der Waals surface area contributed by atoms with E-state index in [1.165, 1.54) is 30.4 Å². The quantitative estimate of drug-likeness (QED) is 0.123. The van der Waals surface area contributed by atoms with Crippen LogP contribution in [0.25, 0.3) is 34.2 Å². The van der Waals surface area contributed by atoms with E-state index >= 15 is 0 Å². The van der Waals surface area contributed by atoms with Gasteiger partial charge in [0, 0.05) is 56.7 Å². The fraction of sp³-hybridized carbons (Fsp3) is 0.189. The van der Waals surface area contributed by atoms with Gasteiger partial charge in [-0.3, -0.25) is 29.9 Å². The fourth-order valence-electron chi connectivity index (χ4n) is 4.33. The van der Waals surface area contributed by atoms with E-state index in [1.54, 1.807) is 24.8 Å². The van der Waals surface area contributed by atoms with E-state index in [-0.39, 0.29) is 19.5 Å². The van der Waals surface area contributed by atoms with Gasteiger partial charge in [0.2, 0.25) is 0 Å². The number of aromatic nitrogens is 6. The van der Waals surface area contributed by atoms with Gasteiger partial charge in [0.1, 0.15) is 0 Å². The topological polar surface area (TPSA) is 103 Å². The second-order valence-electron chi connectivity index (χ2n) is 10.1. The Kier molecular flexibility index (Phi) is 15.9. The number of hydrogen-bond donors (Lipinski definition) is 1. The molecule has 0 radical (unpaired) electrons. The van der Waals surface area contributed by atoms with E-state index in [2.05, 4.69) is 55.0 Å². The smallest absolute Gasteiger partial charge is 0.0888 e. The molecule has 6 aromatic rings. The molecule has 2 N–H and O–H groups in total. The summed E-state index contributed by atoms with van der Waals surface area (Å²) in [5.74, 6) is 0. The van der Waals surface area contributed by atoms with Crippen LogP contribution >= 0.6 is 0 Å². The Labute approximate surface area is 279 Å². The van der Waals surface area contributed by atoms with Crippen LogP contribution in [0.1, 0.15) is 36.8 Å². The van der Waals surface area contributed by atoms with Crippen molar-refractivity contribution in [3.05, 3.63) is 145 Å². The van der Waals surface area contributed by atoms with E-state index < -0.39 is 0 Å². The molecule has 0 spiro atoms. The molecular weight excluding hydrogens is 644 g/mol. The van der Waals surface area contributed by atoms with Crippen molar-refractivity contribution >= 4 is 0 Å². The summed E-state index contributed by atoms with van der Waals surface area (Å²) in [5.41, 5.74) is 13.6. The van der Waals surface area contributed by atoms with Crippen molar-refractivity contribution in [3.8, 4) is 34.2 Å². The molecule has 0 amide bonds. The first kappa shape index (κ1) is 35.0. The van der Waals surface area contributed by atoms with Crippen LogP contribution in [0.4, 0.5) is 0 Å². The molecule has 0 fully saturated rings. The number of nitrogens with zero attached hydrogens (tertiary/aromatic N) is 6. The Morgan fingerprint density at radius 1 is 0.444 bits per heavy atom. The van der Waals surface area contributed by atoms with Crippen molar-refractivity contribution in [1.82, 2.24) is 29.9 Å². The van der Waals surface area contributed by atoms with Gasteiger partial charge in [0.25, 0.3) is 0 Å². The zero-order valence-electron chi connectivity index (χ0n) is 25.6. The van der Waals surface area contributed by atoms with E-state index in [0.29, 0.717) is 0 Å². The molecule has 0 saturated carbocycles. The average Bonchev–Trinajstić information content (AvgIpc) is 3.10. The number of rotatable bonds is 9. The van der Waals surface area contributed by atoms with Crippen LogP contribution in [0.5, 0.6) is 0 Å². The Balaban J connectivity index is 0.000000191. The van der Waals surface area contributed by atoms with Crippen LogP contribution in [0, 0.1) is 6.92 Å². The SMILES string of the molecule is Cc1ccnc(-c2cc(CCCCCCN)ccn2)c1.[Ru].c1ccc(-c2ccccn2)nc1.c1ccc(-c2ccccn2)nc1. The first-order valence-electron chi connectivity index (χ1n) is 15.0. The van der Waals surface area contributed by atoms with Gasteiger partial charge in [0.05, 0.1) is 34.2 Å². The molecule has 0 bridgehead atoms. The van der Waals surface area contributed by atoms with E-state index in [4.69, 9.17) is 5.73 Å². The van der Waals surface area contributed by atoms with Gasteiger partial charge in [-0.25, -0.2) is 0 Å². The summed E-state index contributed by atoms with van der Waals surface area (Å²) < 4.78 is 0. The van der Waals surface area contributed by atoms with E-state index in [9.17, 15) is 0 Å². The molecule has 230 valence electrons. The zero-order valence-corrected chi connectivity index (χ0v) is 27.3. The van der Waals surface area contributed by atoms with Crippen molar-refractivity contribution in [2.75, 3.05) is 6.54 Å². The third kappa shape index (κ3) is 12.6. The summed E-state index contributed by atoms with van der Waals surface area (Å²) in [6.07, 6.45) is 16.7. The van der Waals surface area contributed by atoms with Gasteiger partial charge in [-0.2, -0.15) is 0 Å². The summed E-state index contributed by atoms with van der Waals surface area (Å²) in [6, 6.07) is 31.5. The molecule has 0 aliphatic rings. The van der Waals surface area contributed by atoms with Crippen LogP contribution < -0.4 is 5.73 Å². The monoisotopic (exact) mass is 683 g/mol. The van der Waals surface area contributed by atoms with Gasteiger partial charge in [-0.1, -0.05) is 37.1 Å². The standard InChI is InChI=1S/C17H23N3.2C10H8N2.Ru/c1-14-7-10-19-16(12-14)17-13-15(8-11-20-17)6-4-2-3-5-9-18;2*1-3-7-11-9(5-1)10-6-2-4-8-12-10;/h7-8,10-13H,2-6,9,18H2,1H3;2*1-8H;. The summed E-state index contributed by atoms with van der Waals surface area (Å²) in [6.45, 7) is 2.88. The molecule has 0 aliphatic carbocycles. The molecule has 0 aliphatic heterocycles. The molecule has 7 nitrogen and oxygen atoms in total. The first-order chi connectivity index (χ1) is 21.7. The van der Waals surface area contributed by atoms with Crippen LogP contribution in [0.3, 0.4) is 0 Å². The summed E-state index contributed by atoms with van der Waals surface area (Å²) >= 11 is 0. The number of aryl methyl sites for hydroxylation is 2. The predicted molar refractivity (Wildman–Crippen MR) is 178 cm³/mol.